The molecule has 0 radical (unpaired) electrons. The maximum absolute atomic E-state index is 4.76. The van der Waals surface area contributed by atoms with Crippen molar-refractivity contribution in [1.29, 1.82) is 0 Å². The lowest BCUT2D eigenvalue weighted by Crippen LogP contribution is -2.05. The van der Waals surface area contributed by atoms with E-state index >= 15 is 0 Å². The summed E-state index contributed by atoms with van der Waals surface area (Å²) in [4.78, 5) is 9.35. The summed E-state index contributed by atoms with van der Waals surface area (Å²) < 4.78 is 0. The van der Waals surface area contributed by atoms with E-state index in [0.717, 1.165) is 41.3 Å². The van der Waals surface area contributed by atoms with Gasteiger partial charge in [0.2, 0.25) is 0 Å². The summed E-state index contributed by atoms with van der Waals surface area (Å²) in [5.41, 5.74) is 4.66. The maximum Gasteiger partial charge on any atom is 0.132 e. The monoisotopic (exact) mass is 283 g/mol. The molecule has 0 saturated heterocycles. The molecule has 1 aromatic carbocycles. The predicted octanol–water partition coefficient (Wildman–Crippen LogP) is 4.57. The molecule has 2 aromatic rings. The molecule has 0 amide bonds. The number of hydrogen-bond acceptors (Lipinski definition) is 3. The van der Waals surface area contributed by atoms with Gasteiger partial charge in [-0.3, -0.25) is 0 Å². The van der Waals surface area contributed by atoms with Gasteiger partial charge in [0.1, 0.15) is 11.6 Å². The average Bonchev–Trinajstić information content (AvgIpc) is 2.49. The third-order valence-electron chi connectivity index (χ3n) is 3.75. The summed E-state index contributed by atoms with van der Waals surface area (Å²) in [7, 11) is 1.91. The van der Waals surface area contributed by atoms with Crippen LogP contribution in [0.4, 0.5) is 5.82 Å². The molecule has 2 rings (SSSR count). The van der Waals surface area contributed by atoms with Crippen LogP contribution in [-0.4, -0.2) is 17.0 Å². The van der Waals surface area contributed by atoms with E-state index in [1.54, 1.807) is 0 Å². The zero-order valence-corrected chi connectivity index (χ0v) is 13.7. The van der Waals surface area contributed by atoms with Gasteiger partial charge in [-0.25, -0.2) is 9.97 Å². The third-order valence-corrected chi connectivity index (χ3v) is 3.75. The second kappa shape index (κ2) is 6.70. The minimum atomic E-state index is 0.550. The number of nitrogens with one attached hydrogen (secondary N) is 1. The normalized spacial score (nSPS) is 11.0. The van der Waals surface area contributed by atoms with Gasteiger partial charge in [0.15, 0.2) is 0 Å². The lowest BCUT2D eigenvalue weighted by molar-refractivity contribution is 0.834. The average molecular weight is 283 g/mol. The highest BCUT2D eigenvalue weighted by molar-refractivity contribution is 5.68. The molecule has 0 bridgehead atoms. The van der Waals surface area contributed by atoms with Crippen molar-refractivity contribution in [3.05, 3.63) is 41.2 Å². The minimum Gasteiger partial charge on any atom is -0.373 e. The predicted molar refractivity (Wildman–Crippen MR) is 89.8 cm³/mol. The van der Waals surface area contributed by atoms with Crippen LogP contribution in [0.15, 0.2) is 24.3 Å². The first kappa shape index (κ1) is 15.5. The van der Waals surface area contributed by atoms with Gasteiger partial charge in [0.05, 0.1) is 5.69 Å². The molecule has 0 aliphatic heterocycles. The quantitative estimate of drug-likeness (QED) is 0.873. The molecule has 112 valence electrons. The summed E-state index contributed by atoms with van der Waals surface area (Å²) in [5.74, 6) is 2.39. The Morgan fingerprint density at radius 1 is 1.10 bits per heavy atom. The Bertz CT molecular complexity index is 601. The van der Waals surface area contributed by atoms with Crippen molar-refractivity contribution < 1.29 is 0 Å². The van der Waals surface area contributed by atoms with Gasteiger partial charge < -0.3 is 5.32 Å². The Hall–Kier alpha value is -1.90. The van der Waals surface area contributed by atoms with Crippen LogP contribution < -0.4 is 5.32 Å². The summed E-state index contributed by atoms with van der Waals surface area (Å²) >= 11 is 0. The van der Waals surface area contributed by atoms with Crippen molar-refractivity contribution in [2.45, 2.75) is 46.5 Å². The van der Waals surface area contributed by atoms with Crippen molar-refractivity contribution >= 4 is 5.82 Å². The molecule has 0 saturated carbocycles. The van der Waals surface area contributed by atoms with E-state index in [1.807, 2.05) is 7.05 Å². The van der Waals surface area contributed by atoms with Crippen LogP contribution in [0, 0.1) is 6.92 Å². The zero-order chi connectivity index (χ0) is 15.4. The minimum absolute atomic E-state index is 0.550. The molecule has 3 nitrogen and oxygen atoms in total. The Kier molecular flexibility index (Phi) is 4.94. The molecule has 1 N–H and O–H groups in total. The Labute approximate surface area is 127 Å². The van der Waals surface area contributed by atoms with Gasteiger partial charge in [-0.15, -0.1) is 0 Å². The van der Waals surface area contributed by atoms with Crippen LogP contribution in [0.5, 0.6) is 0 Å². The van der Waals surface area contributed by atoms with Crippen molar-refractivity contribution in [2.24, 2.45) is 0 Å². The van der Waals surface area contributed by atoms with Crippen LogP contribution >= 0.6 is 0 Å². The second-order valence-electron chi connectivity index (χ2n) is 5.74. The van der Waals surface area contributed by atoms with E-state index in [2.05, 4.69) is 62.3 Å². The van der Waals surface area contributed by atoms with E-state index < -0.39 is 0 Å². The topological polar surface area (TPSA) is 37.8 Å². The van der Waals surface area contributed by atoms with E-state index in [-0.39, 0.29) is 0 Å². The molecule has 0 spiro atoms. The summed E-state index contributed by atoms with van der Waals surface area (Å²) in [6.07, 6.45) is 1.96. The second-order valence-corrected chi connectivity index (χ2v) is 5.74. The molecule has 0 fully saturated rings. The smallest absolute Gasteiger partial charge is 0.132 e. The number of aryl methyl sites for hydroxylation is 1. The van der Waals surface area contributed by atoms with Gasteiger partial charge in [-0.2, -0.15) is 0 Å². The van der Waals surface area contributed by atoms with Crippen LogP contribution in [-0.2, 0) is 6.42 Å². The highest BCUT2D eigenvalue weighted by Gasteiger charge is 2.12. The highest BCUT2D eigenvalue weighted by Crippen LogP contribution is 2.27. The largest absolute Gasteiger partial charge is 0.373 e. The Morgan fingerprint density at radius 3 is 2.29 bits per heavy atom. The molecule has 0 aliphatic rings. The number of nitrogens with zero attached hydrogens (tertiary/aromatic N) is 2. The van der Waals surface area contributed by atoms with Crippen LogP contribution in [0.3, 0.4) is 0 Å². The molecule has 1 aromatic heterocycles. The molecule has 0 aliphatic carbocycles. The fourth-order valence-electron chi connectivity index (χ4n) is 2.45. The number of rotatable bonds is 5. The van der Waals surface area contributed by atoms with E-state index in [4.69, 9.17) is 4.98 Å². The molecular weight excluding hydrogens is 258 g/mol. The van der Waals surface area contributed by atoms with E-state index in [0.29, 0.717) is 5.92 Å². The first-order valence-corrected chi connectivity index (χ1v) is 7.72. The van der Waals surface area contributed by atoms with Crippen molar-refractivity contribution in [3.63, 3.8) is 0 Å². The van der Waals surface area contributed by atoms with Gasteiger partial charge >= 0.3 is 0 Å². The lowest BCUT2D eigenvalue weighted by atomic mass is 9.99. The lowest BCUT2D eigenvalue weighted by Gasteiger charge is -2.13. The molecule has 3 heteroatoms. The van der Waals surface area contributed by atoms with Gasteiger partial charge in [-0.05, 0) is 24.8 Å². The van der Waals surface area contributed by atoms with Crippen molar-refractivity contribution in [3.8, 4) is 11.3 Å². The van der Waals surface area contributed by atoms with Gasteiger partial charge in [0.25, 0.3) is 0 Å². The molecule has 21 heavy (non-hydrogen) atoms. The summed E-state index contributed by atoms with van der Waals surface area (Å²) in [5, 5.41) is 3.18. The summed E-state index contributed by atoms with van der Waals surface area (Å²) in [6, 6.07) is 8.72. The number of anilines is 1. The van der Waals surface area contributed by atoms with Gasteiger partial charge in [-0.1, -0.05) is 45.0 Å². The number of hydrogen-bond donors (Lipinski definition) is 1. The standard InChI is InChI=1S/C18H25N3/c1-6-7-16-20-17(13(4)18(19-5)21-16)15-10-8-14(9-11-15)12(2)3/h8-12H,6-7H2,1-5H3,(H,19,20,21). The van der Waals surface area contributed by atoms with E-state index in [1.165, 1.54) is 5.56 Å². The molecule has 0 unspecified atom stereocenters. The Balaban J connectivity index is 2.48. The SMILES string of the molecule is CCCc1nc(NC)c(C)c(-c2ccc(C(C)C)cc2)n1. The first-order chi connectivity index (χ1) is 10.1. The van der Waals surface area contributed by atoms with Crippen LogP contribution in [0.1, 0.15) is 50.1 Å². The fourth-order valence-corrected chi connectivity index (χ4v) is 2.45. The van der Waals surface area contributed by atoms with Gasteiger partial charge in [0, 0.05) is 24.6 Å². The Morgan fingerprint density at radius 2 is 1.76 bits per heavy atom. The van der Waals surface area contributed by atoms with Crippen molar-refractivity contribution in [2.75, 3.05) is 12.4 Å². The van der Waals surface area contributed by atoms with Crippen LogP contribution in [0.25, 0.3) is 11.3 Å². The highest BCUT2D eigenvalue weighted by atomic mass is 15.0. The number of benzene rings is 1. The number of aromatic nitrogens is 2. The summed E-state index contributed by atoms with van der Waals surface area (Å²) in [6.45, 7) is 8.65. The van der Waals surface area contributed by atoms with Crippen molar-refractivity contribution in [1.82, 2.24) is 9.97 Å². The molecule has 0 atom stereocenters. The fraction of sp³-hybridized carbons (Fsp3) is 0.444. The molecule has 1 heterocycles. The third kappa shape index (κ3) is 3.41. The maximum atomic E-state index is 4.76. The van der Waals surface area contributed by atoms with E-state index in [9.17, 15) is 0 Å². The zero-order valence-electron chi connectivity index (χ0n) is 13.7. The first-order valence-electron chi connectivity index (χ1n) is 7.72. The molecular formula is C18H25N3. The van der Waals surface area contributed by atoms with Crippen LogP contribution in [0.2, 0.25) is 0 Å².